The van der Waals surface area contributed by atoms with Gasteiger partial charge in [-0.25, -0.2) is 13.6 Å². The maximum Gasteiger partial charge on any atom is 0.328 e. The van der Waals surface area contributed by atoms with E-state index in [1.807, 2.05) is 51.7 Å². The summed E-state index contributed by atoms with van der Waals surface area (Å²) in [7, 11) is 1.20. The molecule has 11 heteroatoms. The second kappa shape index (κ2) is 12.0. The van der Waals surface area contributed by atoms with Crippen molar-refractivity contribution in [2.75, 3.05) is 38.4 Å². The number of nitrogens with zero attached hydrogens (tertiary/aromatic N) is 1. The second-order valence-corrected chi connectivity index (χ2v) is 12.3. The summed E-state index contributed by atoms with van der Waals surface area (Å²) in [5, 5.41) is 2.50. The molecule has 2 aromatic carbocycles. The van der Waals surface area contributed by atoms with Crippen molar-refractivity contribution in [3.8, 4) is 5.75 Å². The Hall–Kier alpha value is -3.28. The number of carbonyl (C=O) groups is 2. The number of fused-ring (bicyclic) bond motifs is 1. The summed E-state index contributed by atoms with van der Waals surface area (Å²) in [6.45, 7) is 11.6. The molecule has 2 fully saturated rings. The van der Waals surface area contributed by atoms with Gasteiger partial charge < -0.3 is 33.9 Å². The predicted octanol–water partition coefficient (Wildman–Crippen LogP) is 4.63. The molecule has 0 bridgehead atoms. The van der Waals surface area contributed by atoms with E-state index in [9.17, 15) is 9.59 Å². The first-order valence-electron chi connectivity index (χ1n) is 14.7. The number of morpholine rings is 1. The molecule has 0 radical (unpaired) electrons. The van der Waals surface area contributed by atoms with Gasteiger partial charge in [0.2, 0.25) is 0 Å². The van der Waals surface area contributed by atoms with Crippen molar-refractivity contribution in [1.82, 2.24) is 5.32 Å². The summed E-state index contributed by atoms with van der Waals surface area (Å²) in [5.74, 6) is -3.21. The lowest BCUT2D eigenvalue weighted by Crippen LogP contribution is -2.44. The Labute approximate surface area is 250 Å². The normalized spacial score (nSPS) is 22.0. The number of benzene rings is 2. The fraction of sp³-hybridized carbons (Fsp3) is 0.562. The van der Waals surface area contributed by atoms with Crippen LogP contribution in [0.3, 0.4) is 0 Å². The van der Waals surface area contributed by atoms with Crippen molar-refractivity contribution in [2.24, 2.45) is 0 Å². The van der Waals surface area contributed by atoms with Crippen LogP contribution >= 0.6 is 0 Å². The Kier molecular flexibility index (Phi) is 8.70. The molecule has 2 atom stereocenters. The highest BCUT2D eigenvalue weighted by Gasteiger charge is 2.50. The maximum absolute atomic E-state index is 15.2. The number of nitrogens with one attached hydrogen (secondary N) is 1. The molecule has 0 aliphatic carbocycles. The first-order chi connectivity index (χ1) is 20.3. The van der Waals surface area contributed by atoms with Gasteiger partial charge >= 0.3 is 5.97 Å². The number of anilines is 1. The highest BCUT2D eigenvalue weighted by atomic mass is 19.1. The largest absolute Gasteiger partial charge is 0.493 e. The second-order valence-electron chi connectivity index (χ2n) is 12.3. The number of esters is 1. The van der Waals surface area contributed by atoms with Crippen LogP contribution in [0.4, 0.5) is 14.5 Å². The van der Waals surface area contributed by atoms with Gasteiger partial charge in [0.05, 0.1) is 43.7 Å². The van der Waals surface area contributed by atoms with Gasteiger partial charge in [0.15, 0.2) is 6.29 Å². The smallest absolute Gasteiger partial charge is 0.328 e. The van der Waals surface area contributed by atoms with Crippen molar-refractivity contribution in [3.05, 3.63) is 58.2 Å². The van der Waals surface area contributed by atoms with E-state index in [2.05, 4.69) is 5.32 Å². The monoisotopic (exact) mass is 602 g/mol. The number of amides is 1. The molecule has 3 aliphatic heterocycles. The van der Waals surface area contributed by atoms with Crippen LogP contribution in [-0.2, 0) is 36.6 Å². The Balaban J connectivity index is 1.40. The van der Waals surface area contributed by atoms with E-state index < -0.39 is 52.6 Å². The Morgan fingerprint density at radius 2 is 1.77 bits per heavy atom. The van der Waals surface area contributed by atoms with Crippen molar-refractivity contribution in [1.29, 1.82) is 0 Å². The Bertz CT molecular complexity index is 1360. The fourth-order valence-electron chi connectivity index (χ4n) is 5.74. The third-order valence-corrected chi connectivity index (χ3v) is 8.88. The van der Waals surface area contributed by atoms with Gasteiger partial charge in [-0.3, -0.25) is 4.79 Å². The SMILES string of the molecule is COC(=O)[C@H](Cc1ccc(C2OC(C)(C)C(C)(C)O2)c2c1CCCO2)NC(=O)c1c(F)cc(N2CCOC[C@@H]2C)cc1F. The lowest BCUT2D eigenvalue weighted by atomic mass is 9.90. The van der Waals surface area contributed by atoms with Gasteiger partial charge in [-0.15, -0.1) is 0 Å². The van der Waals surface area contributed by atoms with E-state index in [-0.39, 0.29) is 12.5 Å². The van der Waals surface area contributed by atoms with Crippen LogP contribution in [0.2, 0.25) is 0 Å². The fourth-order valence-corrected chi connectivity index (χ4v) is 5.74. The summed E-state index contributed by atoms with van der Waals surface area (Å²) in [5.41, 5.74) is 0.823. The topological polar surface area (TPSA) is 95.6 Å². The average molecular weight is 603 g/mol. The van der Waals surface area contributed by atoms with E-state index in [0.717, 1.165) is 35.2 Å². The zero-order valence-electron chi connectivity index (χ0n) is 25.6. The molecule has 3 aliphatic rings. The quantitative estimate of drug-likeness (QED) is 0.459. The molecule has 1 N–H and O–H groups in total. The number of ether oxygens (including phenoxy) is 5. The number of hydrogen-bond acceptors (Lipinski definition) is 8. The standard InChI is InChI=1S/C32H40F2N2O7/c1-18-17-40-13-11-36(18)20-15-23(33)26(24(34)16-20)28(37)35-25(29(38)39-6)14-19-9-10-22(27-21(19)8-7-12-41-27)30-42-31(2,3)32(4,5)43-30/h9-10,15-16,18,25,30H,7-8,11-14,17H2,1-6H3,(H,35,37)/t18-,25-/m0/s1. The minimum atomic E-state index is -1.20. The molecule has 0 spiro atoms. The van der Waals surface area contributed by atoms with Gasteiger partial charge in [0, 0.05) is 24.7 Å². The van der Waals surface area contributed by atoms with E-state index in [1.165, 1.54) is 7.11 Å². The zero-order valence-corrected chi connectivity index (χ0v) is 25.6. The van der Waals surface area contributed by atoms with Crippen molar-refractivity contribution < 1.29 is 42.1 Å². The first kappa shape index (κ1) is 31.2. The molecule has 9 nitrogen and oxygen atoms in total. The zero-order chi connectivity index (χ0) is 31.1. The first-order valence-corrected chi connectivity index (χ1v) is 14.7. The molecule has 2 aromatic rings. The molecule has 0 unspecified atom stereocenters. The highest BCUT2D eigenvalue weighted by molar-refractivity contribution is 5.97. The van der Waals surface area contributed by atoms with Gasteiger partial charge in [0.1, 0.15) is 29.0 Å². The van der Waals surface area contributed by atoms with Crippen LogP contribution in [0.25, 0.3) is 0 Å². The molecule has 0 aromatic heterocycles. The molecule has 1 amide bonds. The van der Waals surface area contributed by atoms with Gasteiger partial charge in [0.25, 0.3) is 5.91 Å². The lowest BCUT2D eigenvalue weighted by molar-refractivity contribution is -0.142. The number of hydrogen-bond donors (Lipinski definition) is 1. The number of carbonyl (C=O) groups excluding carboxylic acids is 2. The molecular formula is C32H40F2N2O7. The summed E-state index contributed by atoms with van der Waals surface area (Å²) in [4.78, 5) is 27.9. The Morgan fingerprint density at radius 1 is 1.09 bits per heavy atom. The molecular weight excluding hydrogens is 562 g/mol. The number of rotatable bonds is 7. The van der Waals surface area contributed by atoms with E-state index in [4.69, 9.17) is 23.7 Å². The van der Waals surface area contributed by atoms with Crippen LogP contribution in [0.15, 0.2) is 24.3 Å². The third kappa shape index (κ3) is 6.07. The molecule has 234 valence electrons. The third-order valence-electron chi connectivity index (χ3n) is 8.88. The molecule has 0 saturated carbocycles. The van der Waals surface area contributed by atoms with Crippen LogP contribution in [0, 0.1) is 11.6 Å². The minimum Gasteiger partial charge on any atom is -0.493 e. The Morgan fingerprint density at radius 3 is 2.40 bits per heavy atom. The number of methoxy groups -OCH3 is 1. The number of halogens is 2. The maximum atomic E-state index is 15.2. The van der Waals surface area contributed by atoms with Crippen molar-refractivity contribution in [2.45, 2.75) is 83.5 Å². The predicted molar refractivity (Wildman–Crippen MR) is 154 cm³/mol. The van der Waals surface area contributed by atoms with Crippen LogP contribution < -0.4 is 15.0 Å². The summed E-state index contributed by atoms with van der Waals surface area (Å²) < 4.78 is 59.4. The van der Waals surface area contributed by atoms with E-state index >= 15 is 8.78 Å². The minimum absolute atomic E-state index is 0.0281. The van der Waals surface area contributed by atoms with Crippen molar-refractivity contribution >= 4 is 17.6 Å². The van der Waals surface area contributed by atoms with Crippen LogP contribution in [0.5, 0.6) is 5.75 Å². The van der Waals surface area contributed by atoms with Crippen LogP contribution in [0.1, 0.15) is 74.4 Å². The van der Waals surface area contributed by atoms with Crippen LogP contribution in [-0.4, -0.2) is 68.6 Å². The average Bonchev–Trinajstić information content (AvgIpc) is 3.18. The molecule has 2 saturated heterocycles. The lowest BCUT2D eigenvalue weighted by Gasteiger charge is -2.35. The molecule has 5 rings (SSSR count). The van der Waals surface area contributed by atoms with Gasteiger partial charge in [-0.1, -0.05) is 6.07 Å². The van der Waals surface area contributed by atoms with E-state index in [0.29, 0.717) is 44.2 Å². The summed E-state index contributed by atoms with van der Waals surface area (Å²) in [6, 6.07) is 4.66. The van der Waals surface area contributed by atoms with Gasteiger partial charge in [-0.2, -0.15) is 0 Å². The highest BCUT2D eigenvalue weighted by Crippen LogP contribution is 2.48. The summed E-state index contributed by atoms with van der Waals surface area (Å²) >= 11 is 0. The van der Waals surface area contributed by atoms with Gasteiger partial charge in [-0.05, 0) is 76.8 Å². The summed E-state index contributed by atoms with van der Waals surface area (Å²) in [6.07, 6.45) is 0.814. The molecule has 3 heterocycles. The van der Waals surface area contributed by atoms with E-state index in [1.54, 1.807) is 0 Å². The molecule has 43 heavy (non-hydrogen) atoms. The van der Waals surface area contributed by atoms with Crippen molar-refractivity contribution in [3.63, 3.8) is 0 Å².